The molecule has 16 heavy (non-hydrogen) atoms. The van der Waals surface area contributed by atoms with E-state index in [4.69, 9.17) is 4.74 Å². The van der Waals surface area contributed by atoms with E-state index in [-0.39, 0.29) is 10.9 Å². The van der Waals surface area contributed by atoms with E-state index >= 15 is 0 Å². The van der Waals surface area contributed by atoms with Crippen molar-refractivity contribution in [2.45, 2.75) is 37.5 Å². The number of hydrogen-bond donors (Lipinski definition) is 0. The van der Waals surface area contributed by atoms with Gasteiger partial charge in [-0.3, -0.25) is 4.68 Å². The lowest BCUT2D eigenvalue weighted by Gasteiger charge is -2.20. The van der Waals surface area contributed by atoms with Gasteiger partial charge in [0.15, 0.2) is 0 Å². The van der Waals surface area contributed by atoms with Crippen molar-refractivity contribution in [3.05, 3.63) is 16.4 Å². The van der Waals surface area contributed by atoms with Gasteiger partial charge in [0.25, 0.3) is 0 Å². The zero-order chi connectivity index (χ0) is 12.3. The standard InChI is InChI=1S/C11H19BrN2OS/c1-11(2,16)6-8(15-4)5-10-9(12)7-13-14(10)3/h7-8,16H,5-6H2,1-4H3/p+1. The van der Waals surface area contributed by atoms with Gasteiger partial charge in [-0.1, -0.05) is 0 Å². The maximum atomic E-state index is 5.52. The molecule has 0 N–H and O–H groups in total. The van der Waals surface area contributed by atoms with E-state index in [9.17, 15) is 0 Å². The van der Waals surface area contributed by atoms with Crippen molar-refractivity contribution >= 4 is 28.6 Å². The fourth-order valence-corrected chi connectivity index (χ4v) is 2.43. The summed E-state index contributed by atoms with van der Waals surface area (Å²) in [6.07, 6.45) is 3.83. The molecule has 0 bridgehead atoms. The van der Waals surface area contributed by atoms with Crippen molar-refractivity contribution < 1.29 is 4.74 Å². The normalized spacial score (nSPS) is 14.1. The molecule has 0 saturated carbocycles. The Morgan fingerprint density at radius 3 is 2.62 bits per heavy atom. The molecule has 0 fully saturated rings. The fraction of sp³-hybridized carbons (Fsp3) is 0.727. The molecular weight excluding hydrogens is 288 g/mol. The van der Waals surface area contributed by atoms with Crippen LogP contribution in [0.1, 0.15) is 26.0 Å². The summed E-state index contributed by atoms with van der Waals surface area (Å²) in [4.78, 5) is 0. The molecule has 1 unspecified atom stereocenters. The Morgan fingerprint density at radius 1 is 1.62 bits per heavy atom. The van der Waals surface area contributed by atoms with Crippen molar-refractivity contribution in [1.82, 2.24) is 9.78 Å². The minimum atomic E-state index is 0.0890. The molecule has 0 aliphatic rings. The molecular formula is C11H20BrN2OS+. The van der Waals surface area contributed by atoms with Gasteiger partial charge in [-0.2, -0.15) is 5.10 Å². The molecule has 3 nitrogen and oxygen atoms in total. The fourth-order valence-electron chi connectivity index (χ4n) is 1.69. The highest BCUT2D eigenvalue weighted by Gasteiger charge is 2.25. The van der Waals surface area contributed by atoms with Gasteiger partial charge in [-0.15, -0.1) is 0 Å². The number of methoxy groups -OCH3 is 1. The Hall–Kier alpha value is -0.000000000000000111. The molecule has 1 heterocycles. The number of rotatable bonds is 5. The van der Waals surface area contributed by atoms with Crippen molar-refractivity contribution in [2.75, 3.05) is 7.11 Å². The number of halogens is 1. The first-order valence-electron chi connectivity index (χ1n) is 5.27. The van der Waals surface area contributed by atoms with Gasteiger partial charge in [-0.05, 0) is 42.4 Å². The molecule has 1 atom stereocenters. The summed E-state index contributed by atoms with van der Waals surface area (Å²) >= 11 is 7.20. The zero-order valence-corrected chi connectivity index (χ0v) is 12.8. The molecule has 0 aliphatic carbocycles. The minimum absolute atomic E-state index is 0.0890. The molecule has 0 saturated heterocycles. The van der Waals surface area contributed by atoms with Crippen LogP contribution in [0.3, 0.4) is 0 Å². The molecule has 0 aliphatic heterocycles. The van der Waals surface area contributed by atoms with Crippen LogP contribution in [0, 0.1) is 0 Å². The third-order valence-corrected chi connectivity index (χ3v) is 3.37. The van der Waals surface area contributed by atoms with Crippen LogP contribution in [0.15, 0.2) is 10.7 Å². The van der Waals surface area contributed by atoms with Gasteiger partial charge in [-0.25, -0.2) is 0 Å². The number of nitrogens with zero attached hydrogens (tertiary/aromatic N) is 2. The van der Waals surface area contributed by atoms with E-state index in [1.165, 1.54) is 5.69 Å². The quantitative estimate of drug-likeness (QED) is 0.777. The lowest BCUT2D eigenvalue weighted by molar-refractivity contribution is 0.0873. The van der Waals surface area contributed by atoms with Crippen LogP contribution >= 0.6 is 15.9 Å². The van der Waals surface area contributed by atoms with Crippen LogP contribution in [0.25, 0.3) is 0 Å². The molecule has 5 heteroatoms. The summed E-state index contributed by atoms with van der Waals surface area (Å²) in [6.45, 7) is 4.29. The summed E-state index contributed by atoms with van der Waals surface area (Å²) in [5.74, 6) is 0. The Labute approximate surface area is 111 Å². The predicted molar refractivity (Wildman–Crippen MR) is 74.3 cm³/mol. The minimum Gasteiger partial charge on any atom is -0.381 e. The smallest absolute Gasteiger partial charge is 0.120 e. The number of ether oxygens (including phenoxy) is 1. The summed E-state index contributed by atoms with van der Waals surface area (Å²) in [5, 5.41) is 4.20. The Balaban J connectivity index is 2.71. The SMILES string of the molecule is COC(Cc1c(Br)cnn1C)CC(C)(C)[SH2+]. The van der Waals surface area contributed by atoms with Crippen LogP contribution in [0.5, 0.6) is 0 Å². The van der Waals surface area contributed by atoms with Gasteiger partial charge in [0, 0.05) is 27.0 Å². The molecule has 0 radical (unpaired) electrons. The average Bonchev–Trinajstić information content (AvgIpc) is 2.46. The van der Waals surface area contributed by atoms with E-state index < -0.39 is 0 Å². The molecule has 92 valence electrons. The first kappa shape index (κ1) is 14.1. The van der Waals surface area contributed by atoms with E-state index in [1.54, 1.807) is 7.11 Å². The molecule has 1 aromatic heterocycles. The van der Waals surface area contributed by atoms with Gasteiger partial charge in [0.1, 0.15) is 4.75 Å². The number of aryl methyl sites for hydroxylation is 1. The zero-order valence-electron chi connectivity index (χ0n) is 10.2. The maximum absolute atomic E-state index is 5.52. The van der Waals surface area contributed by atoms with E-state index in [1.807, 2.05) is 17.9 Å². The molecule has 1 aromatic rings. The third-order valence-electron chi connectivity index (χ3n) is 2.50. The third kappa shape index (κ3) is 4.11. The van der Waals surface area contributed by atoms with Crippen molar-refractivity contribution in [3.8, 4) is 0 Å². The summed E-state index contributed by atoms with van der Waals surface area (Å²) < 4.78 is 8.54. The Morgan fingerprint density at radius 2 is 2.25 bits per heavy atom. The number of aromatic nitrogens is 2. The van der Waals surface area contributed by atoms with E-state index in [0.717, 1.165) is 17.3 Å². The second-order valence-electron chi connectivity index (χ2n) is 4.71. The first-order valence-corrected chi connectivity index (χ1v) is 6.57. The van der Waals surface area contributed by atoms with Gasteiger partial charge >= 0.3 is 0 Å². The summed E-state index contributed by atoms with van der Waals surface area (Å²) in [7, 11) is 3.71. The molecule has 0 spiro atoms. The van der Waals surface area contributed by atoms with Crippen LogP contribution in [0.2, 0.25) is 0 Å². The van der Waals surface area contributed by atoms with E-state index in [2.05, 4.69) is 47.5 Å². The lowest BCUT2D eigenvalue weighted by Crippen LogP contribution is -2.27. The number of hydrogen-bond acceptors (Lipinski definition) is 2. The second-order valence-corrected chi connectivity index (χ2v) is 6.92. The lowest BCUT2D eigenvalue weighted by atomic mass is 10.0. The van der Waals surface area contributed by atoms with Gasteiger partial charge in [0.05, 0.1) is 22.5 Å². The highest BCUT2D eigenvalue weighted by Crippen LogP contribution is 2.22. The highest BCUT2D eigenvalue weighted by molar-refractivity contribution is 9.10. The van der Waals surface area contributed by atoms with Gasteiger partial charge < -0.3 is 4.74 Å². The highest BCUT2D eigenvalue weighted by atomic mass is 79.9. The van der Waals surface area contributed by atoms with Crippen LogP contribution in [-0.2, 0) is 30.8 Å². The molecule has 0 amide bonds. The van der Waals surface area contributed by atoms with Crippen molar-refractivity contribution in [1.29, 1.82) is 0 Å². The molecule has 0 aromatic carbocycles. The monoisotopic (exact) mass is 307 g/mol. The molecule has 1 rings (SSSR count). The van der Waals surface area contributed by atoms with Crippen LogP contribution in [-0.4, -0.2) is 27.7 Å². The van der Waals surface area contributed by atoms with Crippen molar-refractivity contribution in [3.63, 3.8) is 0 Å². The topological polar surface area (TPSA) is 27.1 Å². The Bertz CT molecular complexity index is 327. The average molecular weight is 308 g/mol. The second kappa shape index (κ2) is 5.56. The predicted octanol–water partition coefficient (Wildman–Crippen LogP) is 1.92. The van der Waals surface area contributed by atoms with Crippen LogP contribution in [0.4, 0.5) is 0 Å². The van der Waals surface area contributed by atoms with Crippen molar-refractivity contribution in [2.24, 2.45) is 7.05 Å². The summed E-state index contributed by atoms with van der Waals surface area (Å²) in [6, 6.07) is 0. The van der Waals surface area contributed by atoms with E-state index in [0.29, 0.717) is 0 Å². The maximum Gasteiger partial charge on any atom is 0.120 e. The van der Waals surface area contributed by atoms with Crippen LogP contribution < -0.4 is 0 Å². The summed E-state index contributed by atoms with van der Waals surface area (Å²) in [5.41, 5.74) is 1.17. The Kier molecular flexibility index (Phi) is 4.88. The van der Waals surface area contributed by atoms with Gasteiger partial charge in [0.2, 0.25) is 0 Å². The largest absolute Gasteiger partial charge is 0.381 e. The first-order chi connectivity index (χ1) is 7.33.